The van der Waals surface area contributed by atoms with Crippen LogP contribution < -0.4 is 4.74 Å². The Labute approximate surface area is 112 Å². The van der Waals surface area contributed by atoms with Crippen LogP contribution in [0.5, 0.6) is 5.75 Å². The Morgan fingerprint density at radius 3 is 2.58 bits per heavy atom. The molecule has 1 aromatic carbocycles. The fraction of sp³-hybridized carbons (Fsp3) is 0.200. The second-order valence-electron chi connectivity index (χ2n) is 3.84. The van der Waals surface area contributed by atoms with Gasteiger partial charge in [-0.15, -0.1) is 0 Å². The molecule has 2 rings (SSSR count). The first-order valence-electron chi connectivity index (χ1n) is 6.16. The van der Waals surface area contributed by atoms with E-state index in [0.717, 1.165) is 17.9 Å². The Morgan fingerprint density at radius 1 is 1.16 bits per heavy atom. The Balaban J connectivity index is 2.01. The molecule has 1 atom stereocenters. The first-order chi connectivity index (χ1) is 9.38. The topological polar surface area (TPSA) is 46.8 Å². The van der Waals surface area contributed by atoms with Crippen molar-refractivity contribution in [3.05, 3.63) is 54.9 Å². The molecule has 4 heteroatoms. The average Bonchev–Trinajstić information content (AvgIpc) is 2.48. The van der Waals surface area contributed by atoms with Gasteiger partial charge in [-0.1, -0.05) is 25.1 Å². The van der Waals surface area contributed by atoms with Crippen molar-refractivity contribution >= 4 is 11.7 Å². The fourth-order valence-electron chi connectivity index (χ4n) is 1.43. The van der Waals surface area contributed by atoms with Crippen molar-refractivity contribution in [3.63, 3.8) is 0 Å². The first-order valence-corrected chi connectivity index (χ1v) is 6.16. The third-order valence-corrected chi connectivity index (χ3v) is 2.41. The summed E-state index contributed by atoms with van der Waals surface area (Å²) in [5.41, 5.74) is 0.772. The number of hydrogen-bond donors (Lipinski definition) is 0. The minimum absolute atomic E-state index is 0.270. The molecule has 96 valence electrons. The van der Waals surface area contributed by atoms with Gasteiger partial charge in [-0.25, -0.2) is 0 Å². The molecule has 0 spiro atoms. The molecule has 0 saturated heterocycles. The number of pyridine rings is 1. The van der Waals surface area contributed by atoms with E-state index in [0.29, 0.717) is 0 Å². The lowest BCUT2D eigenvalue weighted by molar-refractivity contribution is 0.208. The van der Waals surface area contributed by atoms with Crippen LogP contribution in [0.3, 0.4) is 0 Å². The van der Waals surface area contributed by atoms with Crippen molar-refractivity contribution in [1.29, 1.82) is 0 Å². The molecule has 0 aliphatic rings. The number of nitrogens with zero attached hydrogens (tertiary/aromatic N) is 3. The summed E-state index contributed by atoms with van der Waals surface area (Å²) in [7, 11) is 0. The number of aliphatic imine (C=N–C) groups is 2. The molecule has 0 amide bonds. The summed E-state index contributed by atoms with van der Waals surface area (Å²) in [4.78, 5) is 12.2. The van der Waals surface area contributed by atoms with Gasteiger partial charge in [0, 0.05) is 18.8 Å². The van der Waals surface area contributed by atoms with Crippen molar-refractivity contribution < 1.29 is 4.74 Å². The maximum atomic E-state index is 5.70. The van der Waals surface area contributed by atoms with E-state index in [4.69, 9.17) is 4.74 Å². The van der Waals surface area contributed by atoms with Gasteiger partial charge in [-0.05, 0) is 24.3 Å². The van der Waals surface area contributed by atoms with E-state index in [2.05, 4.69) is 21.0 Å². The lowest BCUT2D eigenvalue weighted by Crippen LogP contribution is -2.11. The SMILES string of the molecule is CCC(N=C=Nc1ccncc1)Oc1ccccc1. The Kier molecular flexibility index (Phi) is 4.85. The van der Waals surface area contributed by atoms with Crippen molar-refractivity contribution in [1.82, 2.24) is 4.98 Å². The van der Waals surface area contributed by atoms with Crippen molar-refractivity contribution in [3.8, 4) is 5.75 Å². The lowest BCUT2D eigenvalue weighted by atomic mass is 10.3. The molecule has 0 saturated carbocycles. The monoisotopic (exact) mass is 253 g/mol. The van der Waals surface area contributed by atoms with Crippen LogP contribution in [0.2, 0.25) is 0 Å². The molecular weight excluding hydrogens is 238 g/mol. The summed E-state index contributed by atoms with van der Waals surface area (Å²) < 4.78 is 5.70. The van der Waals surface area contributed by atoms with Gasteiger partial charge in [0.15, 0.2) is 6.23 Å². The highest BCUT2D eigenvalue weighted by Crippen LogP contribution is 2.13. The van der Waals surface area contributed by atoms with Crippen molar-refractivity contribution in [2.75, 3.05) is 0 Å². The summed E-state index contributed by atoms with van der Waals surface area (Å²) in [6.07, 6.45) is 3.85. The first kappa shape index (κ1) is 13.0. The van der Waals surface area contributed by atoms with Gasteiger partial charge in [0.05, 0.1) is 11.7 Å². The maximum Gasteiger partial charge on any atom is 0.199 e. The Bertz CT molecular complexity index is 548. The summed E-state index contributed by atoms with van der Waals surface area (Å²) in [5, 5.41) is 0. The normalized spacial score (nSPS) is 11.2. The third-order valence-electron chi connectivity index (χ3n) is 2.41. The fourth-order valence-corrected chi connectivity index (χ4v) is 1.43. The third kappa shape index (κ3) is 4.37. The molecular formula is C15H15N3O. The van der Waals surface area contributed by atoms with Gasteiger partial charge >= 0.3 is 0 Å². The molecule has 0 aliphatic heterocycles. The van der Waals surface area contributed by atoms with Crippen LogP contribution in [0.1, 0.15) is 13.3 Å². The van der Waals surface area contributed by atoms with Crippen LogP contribution in [0.15, 0.2) is 64.8 Å². The van der Waals surface area contributed by atoms with Gasteiger partial charge in [-0.3, -0.25) is 4.98 Å². The van der Waals surface area contributed by atoms with Crippen molar-refractivity contribution in [2.45, 2.75) is 19.6 Å². The zero-order valence-electron chi connectivity index (χ0n) is 10.7. The quantitative estimate of drug-likeness (QED) is 0.763. The Morgan fingerprint density at radius 2 is 1.89 bits per heavy atom. The van der Waals surface area contributed by atoms with E-state index in [1.807, 2.05) is 37.3 Å². The van der Waals surface area contributed by atoms with Gasteiger partial charge in [0.1, 0.15) is 5.75 Å². The molecule has 19 heavy (non-hydrogen) atoms. The minimum atomic E-state index is -0.270. The number of rotatable bonds is 5. The van der Waals surface area contributed by atoms with Crippen LogP contribution in [-0.2, 0) is 0 Å². The highest BCUT2D eigenvalue weighted by Gasteiger charge is 2.03. The second-order valence-corrected chi connectivity index (χ2v) is 3.84. The number of aromatic nitrogens is 1. The lowest BCUT2D eigenvalue weighted by Gasteiger charge is -2.11. The van der Waals surface area contributed by atoms with E-state index >= 15 is 0 Å². The maximum absolute atomic E-state index is 5.70. The van der Waals surface area contributed by atoms with Gasteiger partial charge in [0.2, 0.25) is 0 Å². The molecule has 0 fully saturated rings. The highest BCUT2D eigenvalue weighted by atomic mass is 16.5. The van der Waals surface area contributed by atoms with Gasteiger partial charge < -0.3 is 4.74 Å². The molecule has 2 aromatic rings. The van der Waals surface area contributed by atoms with Crippen molar-refractivity contribution in [2.24, 2.45) is 9.98 Å². The summed E-state index contributed by atoms with van der Waals surface area (Å²) in [6, 6.07) is 15.9. The molecule has 1 unspecified atom stereocenters. The molecule has 1 aromatic heterocycles. The van der Waals surface area contributed by atoms with E-state index in [-0.39, 0.29) is 6.23 Å². The van der Waals surface area contributed by atoms with Crippen LogP contribution >= 0.6 is 0 Å². The summed E-state index contributed by atoms with van der Waals surface area (Å²) in [6.45, 7) is 2.01. The van der Waals surface area contributed by atoms with Crippen LogP contribution in [0.25, 0.3) is 0 Å². The second kappa shape index (κ2) is 7.09. The zero-order chi connectivity index (χ0) is 13.3. The zero-order valence-corrected chi connectivity index (χ0v) is 10.7. The van der Waals surface area contributed by atoms with Crippen LogP contribution in [0.4, 0.5) is 5.69 Å². The predicted molar refractivity (Wildman–Crippen MR) is 74.9 cm³/mol. The molecule has 0 bridgehead atoms. The molecule has 1 heterocycles. The predicted octanol–water partition coefficient (Wildman–Crippen LogP) is 3.70. The largest absolute Gasteiger partial charge is 0.468 e. The van der Waals surface area contributed by atoms with E-state index in [1.165, 1.54) is 0 Å². The van der Waals surface area contributed by atoms with Gasteiger partial charge in [0.25, 0.3) is 0 Å². The van der Waals surface area contributed by atoms with E-state index in [9.17, 15) is 0 Å². The molecule has 4 nitrogen and oxygen atoms in total. The number of hydrogen-bond acceptors (Lipinski definition) is 4. The molecule has 0 aliphatic carbocycles. The average molecular weight is 253 g/mol. The number of ether oxygens (including phenoxy) is 1. The summed E-state index contributed by atoms with van der Waals surface area (Å²) >= 11 is 0. The minimum Gasteiger partial charge on any atom is -0.468 e. The van der Waals surface area contributed by atoms with Gasteiger partial charge in [-0.2, -0.15) is 9.98 Å². The Hall–Kier alpha value is -2.45. The molecule has 0 N–H and O–H groups in total. The van der Waals surface area contributed by atoms with Crippen LogP contribution in [0, 0.1) is 0 Å². The molecule has 0 radical (unpaired) electrons. The number of benzene rings is 1. The van der Waals surface area contributed by atoms with Crippen LogP contribution in [-0.4, -0.2) is 17.2 Å². The summed E-state index contributed by atoms with van der Waals surface area (Å²) in [5.74, 6) is 0.795. The number of para-hydroxylation sites is 1. The standard InChI is InChI=1S/C15H15N3O/c1-2-15(19-14-6-4-3-5-7-14)18-12-17-13-8-10-16-11-9-13/h3-11,15H,2H2,1H3. The smallest absolute Gasteiger partial charge is 0.199 e. The highest BCUT2D eigenvalue weighted by molar-refractivity contribution is 5.51. The van der Waals surface area contributed by atoms with E-state index < -0.39 is 0 Å². The van der Waals surface area contributed by atoms with E-state index in [1.54, 1.807) is 24.5 Å².